The van der Waals surface area contributed by atoms with Gasteiger partial charge in [-0.3, -0.25) is 4.79 Å². The van der Waals surface area contributed by atoms with Gasteiger partial charge in [-0.2, -0.15) is 4.72 Å². The van der Waals surface area contributed by atoms with Crippen molar-refractivity contribution in [3.63, 3.8) is 0 Å². The number of hydrogen-bond acceptors (Lipinski definition) is 3. The molecule has 0 aliphatic carbocycles. The molecule has 1 rings (SSSR count). The van der Waals surface area contributed by atoms with Crippen LogP contribution < -0.4 is 4.72 Å². The molecule has 0 bridgehead atoms. The highest BCUT2D eigenvalue weighted by Gasteiger charge is 2.24. The van der Waals surface area contributed by atoms with Gasteiger partial charge in [0.15, 0.2) is 0 Å². The Bertz CT molecular complexity index is 551. The number of benzene rings is 1. The number of rotatable bonds is 5. The molecule has 0 radical (unpaired) electrons. The van der Waals surface area contributed by atoms with E-state index >= 15 is 0 Å². The van der Waals surface area contributed by atoms with Crippen molar-refractivity contribution >= 4 is 16.0 Å². The van der Waals surface area contributed by atoms with Crippen LogP contribution in [0.5, 0.6) is 0 Å². The lowest BCUT2D eigenvalue weighted by Gasteiger charge is -2.14. The minimum atomic E-state index is -3.79. The van der Waals surface area contributed by atoms with Gasteiger partial charge < -0.3 is 5.11 Å². The summed E-state index contributed by atoms with van der Waals surface area (Å²) in [6.07, 6.45) is 0.194. The molecule has 0 aliphatic heterocycles. The fourth-order valence-electron chi connectivity index (χ4n) is 1.66. The Labute approximate surface area is 107 Å². The first-order valence-electron chi connectivity index (χ1n) is 5.60. The van der Waals surface area contributed by atoms with Crippen molar-refractivity contribution in [2.24, 2.45) is 0 Å². The van der Waals surface area contributed by atoms with Crippen LogP contribution >= 0.6 is 0 Å². The van der Waals surface area contributed by atoms with Crippen LogP contribution in [-0.2, 0) is 14.8 Å². The molecule has 0 fully saturated rings. The molecule has 0 saturated carbocycles. The number of carboxylic acids is 1. The third-order valence-electron chi connectivity index (χ3n) is 2.62. The van der Waals surface area contributed by atoms with E-state index in [9.17, 15) is 13.2 Å². The zero-order valence-corrected chi connectivity index (χ0v) is 11.4. The van der Waals surface area contributed by atoms with E-state index in [0.717, 1.165) is 5.56 Å². The first-order valence-corrected chi connectivity index (χ1v) is 7.08. The van der Waals surface area contributed by atoms with Gasteiger partial charge in [-0.25, -0.2) is 8.42 Å². The lowest BCUT2D eigenvalue weighted by Crippen LogP contribution is -2.40. The second kappa shape index (κ2) is 5.49. The Kier molecular flexibility index (Phi) is 4.48. The number of carboxylic acid groups (broad SMARTS) is 1. The zero-order valence-electron chi connectivity index (χ0n) is 10.6. The maximum Gasteiger partial charge on any atom is 0.321 e. The van der Waals surface area contributed by atoms with Crippen LogP contribution in [0.1, 0.15) is 24.5 Å². The topological polar surface area (TPSA) is 83.5 Å². The van der Waals surface area contributed by atoms with E-state index in [0.29, 0.717) is 5.56 Å². The summed E-state index contributed by atoms with van der Waals surface area (Å²) in [6, 6.07) is 3.82. The molecule has 0 aliphatic rings. The monoisotopic (exact) mass is 271 g/mol. The van der Waals surface area contributed by atoms with Gasteiger partial charge in [-0.05, 0) is 31.9 Å². The van der Waals surface area contributed by atoms with Crippen LogP contribution in [0.3, 0.4) is 0 Å². The number of hydrogen-bond donors (Lipinski definition) is 2. The largest absolute Gasteiger partial charge is 0.480 e. The van der Waals surface area contributed by atoms with Gasteiger partial charge in [0.2, 0.25) is 10.0 Å². The minimum absolute atomic E-state index is 0.118. The van der Waals surface area contributed by atoms with E-state index in [1.807, 2.05) is 6.92 Å². The summed E-state index contributed by atoms with van der Waals surface area (Å²) in [5.41, 5.74) is 1.56. The van der Waals surface area contributed by atoms with Gasteiger partial charge in [-0.1, -0.05) is 24.6 Å². The predicted molar refractivity (Wildman–Crippen MR) is 68.0 cm³/mol. The van der Waals surface area contributed by atoms with E-state index in [1.165, 1.54) is 6.07 Å². The molecule has 6 heteroatoms. The highest BCUT2D eigenvalue weighted by Crippen LogP contribution is 2.17. The molecule has 0 spiro atoms. The Morgan fingerprint density at radius 3 is 2.44 bits per heavy atom. The highest BCUT2D eigenvalue weighted by atomic mass is 32.2. The van der Waals surface area contributed by atoms with Gasteiger partial charge in [-0.15, -0.1) is 0 Å². The second-order valence-corrected chi connectivity index (χ2v) is 5.87. The quantitative estimate of drug-likeness (QED) is 0.849. The molecule has 0 heterocycles. The van der Waals surface area contributed by atoms with Crippen LogP contribution in [-0.4, -0.2) is 25.5 Å². The molecule has 0 amide bonds. The fourth-order valence-corrected chi connectivity index (χ4v) is 3.16. The van der Waals surface area contributed by atoms with Crippen LogP contribution in [0.25, 0.3) is 0 Å². The number of carbonyl (C=O) groups is 1. The van der Waals surface area contributed by atoms with Crippen LogP contribution in [0.4, 0.5) is 0 Å². The minimum Gasteiger partial charge on any atom is -0.480 e. The maximum atomic E-state index is 12.1. The normalized spacial score (nSPS) is 13.3. The number of nitrogens with one attached hydrogen (secondary N) is 1. The first-order chi connectivity index (χ1) is 8.27. The van der Waals surface area contributed by atoms with E-state index in [-0.39, 0.29) is 11.3 Å². The Morgan fingerprint density at radius 2 is 2.00 bits per heavy atom. The molecule has 0 aromatic heterocycles. The van der Waals surface area contributed by atoms with Crippen molar-refractivity contribution in [3.8, 4) is 0 Å². The summed E-state index contributed by atoms with van der Waals surface area (Å²) in [5.74, 6) is -1.18. The van der Waals surface area contributed by atoms with E-state index in [1.54, 1.807) is 26.0 Å². The second-order valence-electron chi connectivity index (χ2n) is 4.19. The molecule has 1 atom stereocenters. The Hall–Kier alpha value is -1.40. The highest BCUT2D eigenvalue weighted by molar-refractivity contribution is 7.89. The Morgan fingerprint density at radius 1 is 1.39 bits per heavy atom. The van der Waals surface area contributed by atoms with Crippen molar-refractivity contribution in [2.45, 2.75) is 38.1 Å². The third-order valence-corrected chi connectivity index (χ3v) is 4.26. The SMILES string of the molecule is CC[C@H](NS(=O)(=O)c1ccc(C)cc1C)C(=O)O. The van der Waals surface area contributed by atoms with Crippen molar-refractivity contribution < 1.29 is 18.3 Å². The van der Waals surface area contributed by atoms with Gasteiger partial charge in [0, 0.05) is 0 Å². The summed E-state index contributed by atoms with van der Waals surface area (Å²) >= 11 is 0. The van der Waals surface area contributed by atoms with Crippen LogP contribution in [0.2, 0.25) is 0 Å². The van der Waals surface area contributed by atoms with Gasteiger partial charge in [0.25, 0.3) is 0 Å². The van der Waals surface area contributed by atoms with Crippen molar-refractivity contribution in [1.29, 1.82) is 0 Å². The number of aliphatic carboxylic acids is 1. The summed E-state index contributed by atoms with van der Waals surface area (Å²) < 4.78 is 26.3. The molecule has 18 heavy (non-hydrogen) atoms. The molecule has 100 valence electrons. The smallest absolute Gasteiger partial charge is 0.321 e. The van der Waals surface area contributed by atoms with Crippen LogP contribution in [0, 0.1) is 13.8 Å². The average molecular weight is 271 g/mol. The maximum absolute atomic E-state index is 12.1. The predicted octanol–water partition coefficient (Wildman–Crippen LogP) is 1.44. The molecule has 0 saturated heterocycles. The molecule has 0 unspecified atom stereocenters. The number of aryl methyl sites for hydroxylation is 2. The third kappa shape index (κ3) is 3.30. The Balaban J connectivity index is 3.10. The van der Waals surface area contributed by atoms with E-state index in [4.69, 9.17) is 5.11 Å². The van der Waals surface area contributed by atoms with Crippen molar-refractivity contribution in [1.82, 2.24) is 4.72 Å². The average Bonchev–Trinajstić information content (AvgIpc) is 2.24. The summed E-state index contributed by atoms with van der Waals surface area (Å²) in [5, 5.41) is 8.87. The molecule has 2 N–H and O–H groups in total. The van der Waals surface area contributed by atoms with Crippen LogP contribution in [0.15, 0.2) is 23.1 Å². The lowest BCUT2D eigenvalue weighted by molar-refractivity contribution is -0.139. The standard InChI is InChI=1S/C12H17NO4S/c1-4-10(12(14)15)13-18(16,17)11-6-5-8(2)7-9(11)3/h5-7,10,13H,4H2,1-3H3,(H,14,15)/t10-/m0/s1. The molecule has 1 aromatic rings. The van der Waals surface area contributed by atoms with Gasteiger partial charge in [0.1, 0.15) is 6.04 Å². The summed E-state index contributed by atoms with van der Waals surface area (Å²) in [4.78, 5) is 11.0. The molecular formula is C12H17NO4S. The van der Waals surface area contributed by atoms with Crippen molar-refractivity contribution in [2.75, 3.05) is 0 Å². The zero-order chi connectivity index (χ0) is 13.9. The fraction of sp³-hybridized carbons (Fsp3) is 0.417. The van der Waals surface area contributed by atoms with E-state index < -0.39 is 22.0 Å². The molecular weight excluding hydrogens is 254 g/mol. The summed E-state index contributed by atoms with van der Waals surface area (Å²) in [7, 11) is -3.79. The summed E-state index contributed by atoms with van der Waals surface area (Å²) in [6.45, 7) is 5.16. The first kappa shape index (κ1) is 14.7. The lowest BCUT2D eigenvalue weighted by atomic mass is 10.2. The van der Waals surface area contributed by atoms with Gasteiger partial charge in [0.05, 0.1) is 4.90 Å². The van der Waals surface area contributed by atoms with E-state index in [2.05, 4.69) is 4.72 Å². The van der Waals surface area contributed by atoms with Gasteiger partial charge >= 0.3 is 5.97 Å². The number of sulfonamides is 1. The molecule has 5 nitrogen and oxygen atoms in total. The van der Waals surface area contributed by atoms with Crippen molar-refractivity contribution in [3.05, 3.63) is 29.3 Å². The molecule has 1 aromatic carbocycles.